The molecule has 13 heavy (non-hydrogen) atoms. The summed E-state index contributed by atoms with van der Waals surface area (Å²) in [5, 5.41) is 51.6. The second-order valence-electron chi connectivity index (χ2n) is 2.58. The molecule has 0 amide bonds. The minimum absolute atomic E-state index is 0.752. The fourth-order valence-electron chi connectivity index (χ4n) is 0.696. The van der Waals surface area contributed by atoms with Crippen LogP contribution in [0.5, 0.6) is 0 Å². The predicted molar refractivity (Wildman–Crippen MR) is 37.1 cm³/mol. The van der Waals surface area contributed by atoms with Crippen LogP contribution in [0.1, 0.15) is 0 Å². The van der Waals surface area contributed by atoms with Crippen molar-refractivity contribution in [3.05, 3.63) is 0 Å². The molecule has 0 aromatic carbocycles. The summed E-state index contributed by atoms with van der Waals surface area (Å²) in [5.41, 5.74) is 0. The van der Waals surface area contributed by atoms with Gasteiger partial charge in [0.15, 0.2) is 0 Å². The molecule has 6 nitrogen and oxygen atoms in total. The first kappa shape index (κ1) is 13.3. The van der Waals surface area contributed by atoms with Crippen LogP contribution in [0.4, 0.5) is 0 Å². The van der Waals surface area contributed by atoms with Crippen LogP contribution in [-0.2, 0) is 16.0 Å². The van der Waals surface area contributed by atoms with Gasteiger partial charge in [-0.25, -0.2) is 0 Å². The standard InChI is InChI=1S/C6H13O6.Fe/c7-1-3(9)5(11)6(12)4(10)2-8;/h1,3-12H,2H2;/t3-,4+,5+,6+;/m0./s1. The van der Waals surface area contributed by atoms with Gasteiger partial charge in [-0.2, -0.15) is 0 Å². The van der Waals surface area contributed by atoms with Gasteiger partial charge in [-0.1, -0.05) is 0 Å². The van der Waals surface area contributed by atoms with E-state index in [1.807, 2.05) is 0 Å². The summed E-state index contributed by atoms with van der Waals surface area (Å²) in [4.78, 5) is 0. The van der Waals surface area contributed by atoms with Crippen molar-refractivity contribution in [3.63, 3.8) is 0 Å². The summed E-state index contributed by atoms with van der Waals surface area (Å²) in [7, 11) is 0. The number of aliphatic hydroxyl groups excluding tert-OH is 6. The van der Waals surface area contributed by atoms with Crippen molar-refractivity contribution in [1.29, 1.82) is 0 Å². The summed E-state index contributed by atoms with van der Waals surface area (Å²) in [6.07, 6.45) is -6.72. The van der Waals surface area contributed by atoms with E-state index in [-0.39, 0.29) is 0 Å². The van der Waals surface area contributed by atoms with Crippen molar-refractivity contribution >= 4 is 0 Å². The van der Waals surface area contributed by atoms with Crippen molar-refractivity contribution < 1.29 is 46.7 Å². The SMILES string of the molecule is OC[C@@H](O)[C@@H](O)[C@H](O)[C@@H](O)[CH](O)[Fe]. The Morgan fingerprint density at radius 2 is 1.31 bits per heavy atom. The summed E-state index contributed by atoms with van der Waals surface area (Å²) in [5.74, 6) is 0. The molecule has 0 radical (unpaired) electrons. The molecule has 1 unspecified atom stereocenters. The maximum absolute atomic E-state index is 9.09. The first-order valence-electron chi connectivity index (χ1n) is 3.55. The molecule has 0 aromatic rings. The average Bonchev–Trinajstić information content (AvgIpc) is 2.12. The normalized spacial score (nSPS) is 23.3. The van der Waals surface area contributed by atoms with Crippen LogP contribution >= 0.6 is 0 Å². The van der Waals surface area contributed by atoms with E-state index in [9.17, 15) is 0 Å². The molecule has 0 saturated heterocycles. The molecule has 0 aromatic heterocycles. The Morgan fingerprint density at radius 1 is 0.846 bits per heavy atom. The Bertz CT molecular complexity index is 143. The Morgan fingerprint density at radius 3 is 1.62 bits per heavy atom. The molecule has 0 bridgehead atoms. The topological polar surface area (TPSA) is 121 Å². The molecule has 7 heteroatoms. The maximum atomic E-state index is 9.09. The molecular weight excluding hydrogens is 224 g/mol. The zero-order valence-corrected chi connectivity index (χ0v) is 7.73. The van der Waals surface area contributed by atoms with Gasteiger partial charge in [0.2, 0.25) is 0 Å². The molecule has 0 spiro atoms. The van der Waals surface area contributed by atoms with Crippen LogP contribution in [0, 0.1) is 0 Å². The first-order chi connectivity index (χ1) is 5.91. The van der Waals surface area contributed by atoms with E-state index in [1.54, 1.807) is 0 Å². The van der Waals surface area contributed by atoms with Gasteiger partial charge in [-0.05, 0) is 0 Å². The van der Waals surface area contributed by atoms with Gasteiger partial charge in [-0.15, -0.1) is 0 Å². The quantitative estimate of drug-likeness (QED) is 0.273. The van der Waals surface area contributed by atoms with Gasteiger partial charge in [0.1, 0.15) is 0 Å². The molecule has 0 fully saturated rings. The molecule has 81 valence electrons. The van der Waals surface area contributed by atoms with E-state index in [0.717, 1.165) is 0 Å². The van der Waals surface area contributed by atoms with E-state index >= 15 is 0 Å². The van der Waals surface area contributed by atoms with Crippen molar-refractivity contribution in [2.45, 2.75) is 29.4 Å². The van der Waals surface area contributed by atoms with Gasteiger partial charge in [0.05, 0.1) is 0 Å². The van der Waals surface area contributed by atoms with Gasteiger partial charge < -0.3 is 0 Å². The third kappa shape index (κ3) is 3.88. The van der Waals surface area contributed by atoms with Crippen LogP contribution in [-0.4, -0.2) is 66.7 Å². The number of rotatable bonds is 5. The molecule has 5 atom stereocenters. The Kier molecular flexibility index (Phi) is 6.02. The zero-order valence-electron chi connectivity index (χ0n) is 6.63. The Hall–Kier alpha value is 0.279. The summed E-state index contributed by atoms with van der Waals surface area (Å²) < 4.78 is 0. The number of aliphatic hydroxyl groups is 6. The van der Waals surface area contributed by atoms with Crippen molar-refractivity contribution in [3.8, 4) is 0 Å². The molecule has 0 rings (SSSR count). The van der Waals surface area contributed by atoms with Gasteiger partial charge in [0, 0.05) is 0 Å². The molecule has 0 aliphatic rings. The van der Waals surface area contributed by atoms with Gasteiger partial charge in [-0.3, -0.25) is 0 Å². The van der Waals surface area contributed by atoms with E-state index in [4.69, 9.17) is 30.6 Å². The van der Waals surface area contributed by atoms with Crippen molar-refractivity contribution in [1.82, 2.24) is 0 Å². The van der Waals surface area contributed by atoms with Crippen LogP contribution in [0.25, 0.3) is 0 Å². The van der Waals surface area contributed by atoms with E-state index in [1.165, 1.54) is 0 Å². The van der Waals surface area contributed by atoms with Gasteiger partial charge >= 0.3 is 82.7 Å². The van der Waals surface area contributed by atoms with Gasteiger partial charge in [0.25, 0.3) is 0 Å². The first-order valence-corrected chi connectivity index (χ1v) is 4.19. The Balaban J connectivity index is 4.15. The molecule has 0 aliphatic heterocycles. The number of hydrogen-bond acceptors (Lipinski definition) is 6. The summed E-state index contributed by atoms with van der Waals surface area (Å²) >= 11 is 3.02. The molecule has 0 aliphatic carbocycles. The molecule has 6 N–H and O–H groups in total. The third-order valence-corrected chi connectivity index (χ3v) is 1.93. The van der Waals surface area contributed by atoms with E-state index < -0.39 is 36.0 Å². The fourth-order valence-corrected chi connectivity index (χ4v) is 0.913. The third-order valence-electron chi connectivity index (χ3n) is 1.55. The Labute approximate surface area is 83.3 Å². The summed E-state index contributed by atoms with van der Waals surface area (Å²) in [6.45, 7) is -0.752. The summed E-state index contributed by atoms with van der Waals surface area (Å²) in [6, 6.07) is 0. The van der Waals surface area contributed by atoms with Crippen molar-refractivity contribution in [2.75, 3.05) is 6.61 Å². The second-order valence-corrected chi connectivity index (χ2v) is 3.23. The van der Waals surface area contributed by atoms with E-state index in [0.29, 0.717) is 0 Å². The monoisotopic (exact) mass is 237 g/mol. The van der Waals surface area contributed by atoms with Crippen LogP contribution in [0.3, 0.4) is 0 Å². The number of hydrogen-bond donors (Lipinski definition) is 6. The fraction of sp³-hybridized carbons (Fsp3) is 1.00. The van der Waals surface area contributed by atoms with Crippen LogP contribution < -0.4 is 0 Å². The van der Waals surface area contributed by atoms with E-state index in [2.05, 4.69) is 16.0 Å². The van der Waals surface area contributed by atoms with Crippen LogP contribution in [0.2, 0.25) is 0 Å². The molecular formula is C6H13FeO6. The van der Waals surface area contributed by atoms with Crippen molar-refractivity contribution in [2.24, 2.45) is 0 Å². The van der Waals surface area contributed by atoms with Crippen LogP contribution in [0.15, 0.2) is 0 Å². The average molecular weight is 237 g/mol. The molecule has 0 heterocycles. The second kappa shape index (κ2) is 5.89. The minimum atomic E-state index is -1.75. The predicted octanol–water partition coefficient (Wildman–Crippen LogP) is -3.71. The zero-order chi connectivity index (χ0) is 10.6. The molecule has 0 saturated carbocycles.